The number of rotatable bonds is 5. The van der Waals surface area contributed by atoms with Crippen LogP contribution in [0.4, 0.5) is 0 Å². The second kappa shape index (κ2) is 10.6. The number of aliphatic hydroxyl groups excluding tert-OH is 2. The lowest BCUT2D eigenvalue weighted by Gasteiger charge is -2.55. The molecule has 1 aromatic rings. The average molecular weight is 569 g/mol. The van der Waals surface area contributed by atoms with Crippen molar-refractivity contribution in [2.45, 2.75) is 82.1 Å². The summed E-state index contributed by atoms with van der Waals surface area (Å²) in [6.07, 6.45) is 4.89. The smallest absolute Gasteiger partial charge is 0.255 e. The van der Waals surface area contributed by atoms with Crippen molar-refractivity contribution in [2.75, 3.05) is 14.1 Å². The van der Waals surface area contributed by atoms with Crippen LogP contribution in [-0.4, -0.2) is 80.7 Å². The van der Waals surface area contributed by atoms with Crippen molar-refractivity contribution in [2.24, 2.45) is 23.5 Å². The van der Waals surface area contributed by atoms with Crippen LogP contribution in [0.5, 0.6) is 5.75 Å². The first-order valence-electron chi connectivity index (χ1n) is 14.5. The van der Waals surface area contributed by atoms with Crippen molar-refractivity contribution in [3.05, 3.63) is 46.2 Å². The molecule has 41 heavy (non-hydrogen) atoms. The van der Waals surface area contributed by atoms with Crippen LogP contribution in [0.3, 0.4) is 0 Å². The average Bonchev–Trinajstić information content (AvgIpc) is 3.20. The molecule has 10 nitrogen and oxygen atoms in total. The summed E-state index contributed by atoms with van der Waals surface area (Å²) in [7, 11) is 3.17. The highest BCUT2D eigenvalue weighted by atomic mass is 16.5. The molecule has 222 valence electrons. The van der Waals surface area contributed by atoms with Gasteiger partial charge in [0.1, 0.15) is 22.8 Å². The van der Waals surface area contributed by atoms with Crippen LogP contribution in [-0.2, 0) is 19.1 Å². The molecule has 5 rings (SSSR count). The highest BCUT2D eigenvalue weighted by molar-refractivity contribution is 6.24. The minimum absolute atomic E-state index is 0.0619. The highest BCUT2D eigenvalue weighted by Gasteiger charge is 2.69. The van der Waals surface area contributed by atoms with E-state index in [4.69, 9.17) is 10.5 Å². The number of phenolic OH excluding ortho intramolecular Hbond substituents is 1. The van der Waals surface area contributed by atoms with Gasteiger partial charge in [-0.3, -0.25) is 19.3 Å². The Hall–Kier alpha value is -3.21. The molecule has 2 fully saturated rings. The Morgan fingerprint density at radius 3 is 2.32 bits per heavy atom. The fourth-order valence-corrected chi connectivity index (χ4v) is 7.85. The molecular weight excluding hydrogens is 528 g/mol. The zero-order valence-electron chi connectivity index (χ0n) is 24.0. The molecule has 6 N–H and O–H groups in total. The number of phenols is 1. The van der Waals surface area contributed by atoms with Crippen LogP contribution in [0.1, 0.15) is 69.4 Å². The third-order valence-electron chi connectivity index (χ3n) is 9.90. The summed E-state index contributed by atoms with van der Waals surface area (Å²) < 4.78 is 6.83. The molecule has 0 spiro atoms. The van der Waals surface area contributed by atoms with Crippen LogP contribution in [0.15, 0.2) is 35.1 Å². The second-order valence-electron chi connectivity index (χ2n) is 12.4. The Balaban J connectivity index is 1.77. The summed E-state index contributed by atoms with van der Waals surface area (Å²) in [5, 5.41) is 45.8. The zero-order chi connectivity index (χ0) is 30.0. The molecule has 1 amide bonds. The van der Waals surface area contributed by atoms with Crippen molar-refractivity contribution in [1.82, 2.24) is 4.90 Å². The molecule has 0 saturated heterocycles. The number of carbonyl (C=O) groups is 3. The number of carbonyl (C=O) groups excluding carboxylic acids is 3. The number of Topliss-reactive ketones (excluding diaryl/α,β-unsaturated/α-hetero) is 2. The van der Waals surface area contributed by atoms with E-state index >= 15 is 0 Å². The van der Waals surface area contributed by atoms with Gasteiger partial charge >= 0.3 is 0 Å². The maximum Gasteiger partial charge on any atom is 0.255 e. The molecule has 0 aliphatic heterocycles. The minimum Gasteiger partial charge on any atom is -0.508 e. The van der Waals surface area contributed by atoms with E-state index in [0.717, 1.165) is 38.5 Å². The number of nitrogens with two attached hydrogens (primary N) is 1. The Labute approximate surface area is 239 Å². The second-order valence-corrected chi connectivity index (χ2v) is 12.4. The van der Waals surface area contributed by atoms with Gasteiger partial charge in [-0.05, 0) is 57.3 Å². The molecule has 0 aromatic heterocycles. The van der Waals surface area contributed by atoms with E-state index in [-0.39, 0.29) is 28.9 Å². The number of hydrogen-bond donors (Lipinski definition) is 5. The van der Waals surface area contributed by atoms with E-state index in [1.807, 2.05) is 13.8 Å². The molecule has 7 atom stereocenters. The predicted octanol–water partition coefficient (Wildman–Crippen LogP) is 2.88. The molecule has 10 heteroatoms. The third kappa shape index (κ3) is 4.30. The number of fused-ring (bicyclic) bond motifs is 3. The van der Waals surface area contributed by atoms with Crippen molar-refractivity contribution in [1.29, 1.82) is 0 Å². The predicted molar refractivity (Wildman–Crippen MR) is 150 cm³/mol. The van der Waals surface area contributed by atoms with Gasteiger partial charge in [-0.2, -0.15) is 0 Å². The van der Waals surface area contributed by atoms with Gasteiger partial charge in [-0.15, -0.1) is 0 Å². The summed E-state index contributed by atoms with van der Waals surface area (Å²) in [5.74, 6) is -7.47. The van der Waals surface area contributed by atoms with Gasteiger partial charge in [0.05, 0.1) is 29.7 Å². The number of hydrogen-bond acceptors (Lipinski definition) is 9. The van der Waals surface area contributed by atoms with Gasteiger partial charge in [0, 0.05) is 11.5 Å². The summed E-state index contributed by atoms with van der Waals surface area (Å²) in [6.45, 7) is 3.79. The first-order valence-corrected chi connectivity index (χ1v) is 14.5. The summed E-state index contributed by atoms with van der Waals surface area (Å²) in [5.41, 5.74) is 2.28. The molecule has 1 aromatic carbocycles. The number of nitrogens with zero attached hydrogens (tertiary/aromatic N) is 1. The lowest BCUT2D eigenvalue weighted by Crippen LogP contribution is -2.71. The molecule has 2 saturated carbocycles. The van der Waals surface area contributed by atoms with Gasteiger partial charge in [0.15, 0.2) is 11.4 Å². The largest absolute Gasteiger partial charge is 0.508 e. The van der Waals surface area contributed by atoms with Crippen molar-refractivity contribution in [3.8, 4) is 5.75 Å². The number of likely N-dealkylation sites (N-methyl/N-ethyl adjacent to an activating group) is 1. The van der Waals surface area contributed by atoms with Gasteiger partial charge in [0.2, 0.25) is 5.78 Å². The minimum atomic E-state index is -2.79. The monoisotopic (exact) mass is 568 g/mol. The molecule has 0 radical (unpaired) electrons. The maximum absolute atomic E-state index is 14.3. The molecule has 4 aliphatic rings. The number of aromatic hydroxyl groups is 1. The van der Waals surface area contributed by atoms with Crippen LogP contribution in [0.25, 0.3) is 5.76 Å². The fraction of sp³-hybridized carbons (Fsp3) is 0.581. The number of primary amides is 1. The fourth-order valence-electron chi connectivity index (χ4n) is 7.85. The van der Waals surface area contributed by atoms with Gasteiger partial charge in [-0.1, -0.05) is 44.7 Å². The molecule has 0 bridgehead atoms. The molecule has 7 unspecified atom stereocenters. The SMILES string of the molecule is CC(OC1C2C(=C(O)c3c(O)cccc3C2C)C(=O)C2(O)C(O)=C(C(N)=O)C(=O)C(N(C)C)C12)C1CCCCCC1. The zero-order valence-corrected chi connectivity index (χ0v) is 24.0. The van der Waals surface area contributed by atoms with E-state index in [9.17, 15) is 34.8 Å². The highest BCUT2D eigenvalue weighted by Crippen LogP contribution is 2.57. The number of benzene rings is 1. The Bertz CT molecular complexity index is 1340. The summed E-state index contributed by atoms with van der Waals surface area (Å²) >= 11 is 0. The maximum atomic E-state index is 14.3. The standard InChI is InChI=1S/C31H40N2O8/c1-14-17-12-9-13-18(34)20(17)25(35)21-19(14)27(41-15(2)16-10-7-5-6-8-11-16)23-24(33(3)4)26(36)22(30(32)39)29(38)31(23,40)28(21)37/h9,12-16,19,23-24,27,34-35,38,40H,5-8,10-11H2,1-4H3,(H2,32,39). The normalized spacial score (nSPS) is 33.3. The van der Waals surface area contributed by atoms with Crippen LogP contribution in [0.2, 0.25) is 0 Å². The van der Waals surface area contributed by atoms with Crippen molar-refractivity contribution < 1.29 is 39.5 Å². The lowest BCUT2D eigenvalue weighted by molar-refractivity contribution is -0.187. The lowest BCUT2D eigenvalue weighted by atomic mass is 9.54. The van der Waals surface area contributed by atoms with Crippen LogP contribution in [0, 0.1) is 17.8 Å². The van der Waals surface area contributed by atoms with E-state index in [0.29, 0.717) is 5.56 Å². The molecular formula is C31H40N2O8. The summed E-state index contributed by atoms with van der Waals surface area (Å²) in [4.78, 5) is 41.9. The Morgan fingerprint density at radius 2 is 1.73 bits per heavy atom. The van der Waals surface area contributed by atoms with Gasteiger partial charge in [0.25, 0.3) is 5.91 Å². The van der Waals surface area contributed by atoms with E-state index in [2.05, 4.69) is 0 Å². The Morgan fingerprint density at radius 1 is 1.10 bits per heavy atom. The van der Waals surface area contributed by atoms with Crippen LogP contribution >= 0.6 is 0 Å². The molecule has 4 aliphatic carbocycles. The van der Waals surface area contributed by atoms with E-state index in [1.165, 1.54) is 11.0 Å². The van der Waals surface area contributed by atoms with Gasteiger partial charge < -0.3 is 30.9 Å². The summed E-state index contributed by atoms with van der Waals surface area (Å²) in [6, 6.07) is 3.55. The van der Waals surface area contributed by atoms with Gasteiger partial charge in [-0.25, -0.2) is 0 Å². The van der Waals surface area contributed by atoms with Crippen molar-refractivity contribution >= 4 is 23.2 Å². The van der Waals surface area contributed by atoms with Crippen LogP contribution < -0.4 is 5.73 Å². The number of aliphatic hydroxyl groups is 3. The van der Waals surface area contributed by atoms with E-state index in [1.54, 1.807) is 26.2 Å². The first kappa shape index (κ1) is 29.3. The topological polar surface area (TPSA) is 171 Å². The van der Waals surface area contributed by atoms with Crippen molar-refractivity contribution in [3.63, 3.8) is 0 Å². The molecule has 0 heterocycles. The first-order chi connectivity index (χ1) is 19.3. The Kier molecular flexibility index (Phi) is 7.55. The van der Waals surface area contributed by atoms with E-state index < -0.39 is 70.1 Å². The number of ether oxygens (including phenoxy) is 1. The number of amides is 1. The third-order valence-corrected chi connectivity index (χ3v) is 9.90. The number of ketones is 2. The quantitative estimate of drug-likeness (QED) is 0.265.